The van der Waals surface area contributed by atoms with E-state index in [4.69, 9.17) is 5.11 Å². The number of fused-ring (bicyclic) bond motifs is 1. The Labute approximate surface area is 113 Å². The van der Waals surface area contributed by atoms with Gasteiger partial charge in [0, 0.05) is 27.5 Å². The molecule has 19 heavy (non-hydrogen) atoms. The second kappa shape index (κ2) is 4.51. The first-order valence-electron chi connectivity index (χ1n) is 5.90. The summed E-state index contributed by atoms with van der Waals surface area (Å²) in [4.78, 5) is 19.4. The van der Waals surface area contributed by atoms with Crippen molar-refractivity contribution in [3.8, 4) is 11.3 Å². The van der Waals surface area contributed by atoms with Crippen molar-refractivity contribution in [2.24, 2.45) is 0 Å². The third-order valence-electron chi connectivity index (χ3n) is 2.96. The van der Waals surface area contributed by atoms with Gasteiger partial charge in [-0.25, -0.2) is 4.98 Å². The van der Waals surface area contributed by atoms with Crippen molar-refractivity contribution in [1.29, 1.82) is 0 Å². The fraction of sp³-hybridized carbons (Fsp3) is 0.143. The molecule has 0 saturated heterocycles. The van der Waals surface area contributed by atoms with Crippen LogP contribution in [-0.2, 0) is 11.2 Å². The van der Waals surface area contributed by atoms with Gasteiger partial charge in [-0.3, -0.25) is 4.79 Å². The third-order valence-corrected chi connectivity index (χ3v) is 3.93. The molecule has 0 amide bonds. The molecule has 1 aromatic carbocycles. The SMILES string of the molecule is Cc1nc(-c2c[nH]c3ccccc23)c(CC(=O)O)s1. The molecule has 96 valence electrons. The highest BCUT2D eigenvalue weighted by Gasteiger charge is 2.16. The van der Waals surface area contributed by atoms with Gasteiger partial charge in [-0.2, -0.15) is 0 Å². The number of carboxylic acid groups (broad SMARTS) is 1. The topological polar surface area (TPSA) is 66.0 Å². The molecule has 4 nitrogen and oxygen atoms in total. The molecule has 0 unspecified atom stereocenters. The summed E-state index contributed by atoms with van der Waals surface area (Å²) >= 11 is 1.44. The van der Waals surface area contributed by atoms with Gasteiger partial charge < -0.3 is 10.1 Å². The average molecular weight is 272 g/mol. The molecule has 0 aliphatic heterocycles. The Morgan fingerprint density at radius 2 is 2.21 bits per heavy atom. The monoisotopic (exact) mass is 272 g/mol. The van der Waals surface area contributed by atoms with Crippen molar-refractivity contribution < 1.29 is 9.90 Å². The van der Waals surface area contributed by atoms with Crippen LogP contribution in [0.2, 0.25) is 0 Å². The molecule has 0 radical (unpaired) electrons. The van der Waals surface area contributed by atoms with Crippen molar-refractivity contribution in [1.82, 2.24) is 9.97 Å². The summed E-state index contributed by atoms with van der Waals surface area (Å²) in [6.07, 6.45) is 1.91. The highest BCUT2D eigenvalue weighted by molar-refractivity contribution is 7.12. The van der Waals surface area contributed by atoms with E-state index >= 15 is 0 Å². The first-order valence-corrected chi connectivity index (χ1v) is 6.71. The van der Waals surface area contributed by atoms with E-state index in [1.165, 1.54) is 11.3 Å². The molecule has 0 aliphatic carbocycles. The summed E-state index contributed by atoms with van der Waals surface area (Å²) in [5.41, 5.74) is 2.78. The number of carboxylic acids is 1. The molecule has 0 aliphatic rings. The number of hydrogen-bond acceptors (Lipinski definition) is 3. The van der Waals surface area contributed by atoms with Gasteiger partial charge in [0.15, 0.2) is 0 Å². The molecule has 2 heterocycles. The normalized spacial score (nSPS) is 11.0. The largest absolute Gasteiger partial charge is 0.481 e. The number of aromatic nitrogens is 2. The number of benzene rings is 1. The smallest absolute Gasteiger partial charge is 0.308 e. The minimum atomic E-state index is -0.829. The van der Waals surface area contributed by atoms with E-state index in [-0.39, 0.29) is 6.42 Å². The molecule has 3 aromatic rings. The van der Waals surface area contributed by atoms with Gasteiger partial charge in [0.1, 0.15) is 0 Å². The van der Waals surface area contributed by atoms with Crippen LogP contribution in [0.5, 0.6) is 0 Å². The van der Waals surface area contributed by atoms with E-state index in [0.717, 1.165) is 32.0 Å². The number of rotatable bonds is 3. The van der Waals surface area contributed by atoms with Crippen molar-refractivity contribution in [3.63, 3.8) is 0 Å². The Hall–Kier alpha value is -2.14. The summed E-state index contributed by atoms with van der Waals surface area (Å²) < 4.78 is 0. The summed E-state index contributed by atoms with van der Waals surface area (Å²) in [7, 11) is 0. The number of H-pyrrole nitrogens is 1. The summed E-state index contributed by atoms with van der Waals surface area (Å²) in [6.45, 7) is 1.90. The highest BCUT2D eigenvalue weighted by Crippen LogP contribution is 2.33. The zero-order valence-corrected chi connectivity index (χ0v) is 11.1. The van der Waals surface area contributed by atoms with Gasteiger partial charge in [0.25, 0.3) is 0 Å². The number of para-hydroxylation sites is 1. The van der Waals surface area contributed by atoms with Crippen LogP contribution < -0.4 is 0 Å². The van der Waals surface area contributed by atoms with Crippen LogP contribution in [0.15, 0.2) is 30.5 Å². The van der Waals surface area contributed by atoms with Gasteiger partial charge in [0.05, 0.1) is 17.1 Å². The molecule has 2 aromatic heterocycles. The molecule has 0 saturated carbocycles. The average Bonchev–Trinajstić information content (AvgIpc) is 2.92. The van der Waals surface area contributed by atoms with Gasteiger partial charge in [-0.1, -0.05) is 18.2 Å². The standard InChI is InChI=1S/C14H12N2O2S/c1-8-16-14(12(19-8)6-13(17)18)10-7-15-11-5-3-2-4-9(10)11/h2-5,7,15H,6H2,1H3,(H,17,18). The maximum absolute atomic E-state index is 10.9. The summed E-state index contributed by atoms with van der Waals surface area (Å²) in [5.74, 6) is -0.829. The van der Waals surface area contributed by atoms with Gasteiger partial charge >= 0.3 is 5.97 Å². The molecular formula is C14H12N2O2S. The lowest BCUT2D eigenvalue weighted by Crippen LogP contribution is -1.99. The van der Waals surface area contributed by atoms with Crippen LogP contribution >= 0.6 is 11.3 Å². The molecule has 0 spiro atoms. The minimum Gasteiger partial charge on any atom is -0.481 e. The summed E-state index contributed by atoms with van der Waals surface area (Å²) in [5, 5.41) is 10.9. The first kappa shape index (κ1) is 11.9. The second-order valence-corrected chi connectivity index (χ2v) is 5.61. The third kappa shape index (κ3) is 2.13. The van der Waals surface area contributed by atoms with E-state index in [0.29, 0.717) is 0 Å². The minimum absolute atomic E-state index is 0.0142. The Kier molecular flexibility index (Phi) is 2.83. The Morgan fingerprint density at radius 1 is 1.42 bits per heavy atom. The Balaban J connectivity index is 2.18. The lowest BCUT2D eigenvalue weighted by atomic mass is 10.1. The number of nitrogens with zero attached hydrogens (tertiary/aromatic N) is 1. The molecule has 5 heteroatoms. The zero-order valence-electron chi connectivity index (χ0n) is 10.3. The number of carbonyl (C=O) groups is 1. The van der Waals surface area contributed by atoms with Crippen molar-refractivity contribution in [2.75, 3.05) is 0 Å². The number of nitrogens with one attached hydrogen (secondary N) is 1. The fourth-order valence-corrected chi connectivity index (χ4v) is 3.15. The number of hydrogen-bond donors (Lipinski definition) is 2. The molecule has 0 fully saturated rings. The quantitative estimate of drug-likeness (QED) is 0.769. The van der Waals surface area contributed by atoms with Crippen LogP contribution in [0.25, 0.3) is 22.2 Å². The lowest BCUT2D eigenvalue weighted by molar-refractivity contribution is -0.136. The van der Waals surface area contributed by atoms with Crippen LogP contribution in [0, 0.1) is 6.92 Å². The highest BCUT2D eigenvalue weighted by atomic mass is 32.1. The number of aromatic amines is 1. The van der Waals surface area contributed by atoms with E-state index in [1.54, 1.807) is 0 Å². The van der Waals surface area contributed by atoms with Gasteiger partial charge in [-0.05, 0) is 13.0 Å². The van der Waals surface area contributed by atoms with E-state index in [2.05, 4.69) is 9.97 Å². The van der Waals surface area contributed by atoms with E-state index in [1.807, 2.05) is 37.4 Å². The van der Waals surface area contributed by atoms with Crippen molar-refractivity contribution in [3.05, 3.63) is 40.3 Å². The van der Waals surface area contributed by atoms with Crippen LogP contribution in [0.1, 0.15) is 9.88 Å². The maximum Gasteiger partial charge on any atom is 0.308 e. The predicted octanol–water partition coefficient (Wildman–Crippen LogP) is 3.23. The molecule has 2 N–H and O–H groups in total. The van der Waals surface area contributed by atoms with E-state index < -0.39 is 5.97 Å². The lowest BCUT2D eigenvalue weighted by Gasteiger charge is -1.98. The molecule has 0 atom stereocenters. The second-order valence-electron chi connectivity index (χ2n) is 4.32. The Morgan fingerprint density at radius 3 is 3.00 bits per heavy atom. The van der Waals surface area contributed by atoms with Crippen molar-refractivity contribution in [2.45, 2.75) is 13.3 Å². The van der Waals surface area contributed by atoms with Crippen LogP contribution in [0.3, 0.4) is 0 Å². The number of aryl methyl sites for hydroxylation is 1. The predicted molar refractivity (Wildman–Crippen MR) is 75.5 cm³/mol. The summed E-state index contributed by atoms with van der Waals surface area (Å²) in [6, 6.07) is 7.94. The molecule has 0 bridgehead atoms. The molecular weight excluding hydrogens is 260 g/mol. The van der Waals surface area contributed by atoms with Gasteiger partial charge in [0.2, 0.25) is 0 Å². The number of thiazole rings is 1. The fourth-order valence-electron chi connectivity index (χ4n) is 2.20. The van der Waals surface area contributed by atoms with Crippen LogP contribution in [0.4, 0.5) is 0 Å². The van der Waals surface area contributed by atoms with E-state index in [9.17, 15) is 4.79 Å². The van der Waals surface area contributed by atoms with Crippen molar-refractivity contribution >= 4 is 28.2 Å². The maximum atomic E-state index is 10.9. The number of aliphatic carboxylic acids is 1. The van der Waals surface area contributed by atoms with Crippen LogP contribution in [-0.4, -0.2) is 21.0 Å². The first-order chi connectivity index (χ1) is 9.15. The Bertz CT molecular complexity index is 758. The van der Waals surface area contributed by atoms with Gasteiger partial charge in [-0.15, -0.1) is 11.3 Å². The zero-order chi connectivity index (χ0) is 13.4. The molecule has 3 rings (SSSR count).